The Kier molecular flexibility index (Phi) is 6.12. The molecule has 3 nitrogen and oxygen atoms in total. The highest BCUT2D eigenvalue weighted by Crippen LogP contribution is 2.28. The second-order valence-corrected chi connectivity index (χ2v) is 6.57. The number of aliphatic hydroxyl groups excluding tert-OH is 1. The number of hydrogen-bond acceptors (Lipinski definition) is 4. The van der Waals surface area contributed by atoms with Crippen molar-refractivity contribution in [2.45, 2.75) is 31.8 Å². The molecule has 0 aromatic heterocycles. The Balaban J connectivity index is 1.42. The zero-order valence-electron chi connectivity index (χ0n) is 10.6. The lowest BCUT2D eigenvalue weighted by Gasteiger charge is -2.22. The number of nitrogens with one attached hydrogen (secondary N) is 1. The summed E-state index contributed by atoms with van der Waals surface area (Å²) in [6.45, 7) is 3.06. The average molecular weight is 259 g/mol. The summed E-state index contributed by atoms with van der Waals surface area (Å²) in [6.07, 6.45) is 4.94. The van der Waals surface area contributed by atoms with Crippen molar-refractivity contribution in [3.8, 4) is 0 Å². The SMILES string of the molecule is OC(CNCC1CCSCC1)COCC1CC1. The Morgan fingerprint density at radius 3 is 2.65 bits per heavy atom. The third kappa shape index (κ3) is 6.09. The van der Waals surface area contributed by atoms with Crippen LogP contribution in [0, 0.1) is 11.8 Å². The smallest absolute Gasteiger partial charge is 0.0897 e. The van der Waals surface area contributed by atoms with Gasteiger partial charge in [0.1, 0.15) is 0 Å². The molecule has 1 atom stereocenters. The fraction of sp³-hybridized carbons (Fsp3) is 1.00. The molecule has 0 spiro atoms. The lowest BCUT2D eigenvalue weighted by molar-refractivity contribution is 0.0321. The van der Waals surface area contributed by atoms with Gasteiger partial charge < -0.3 is 15.2 Å². The van der Waals surface area contributed by atoms with Crippen molar-refractivity contribution < 1.29 is 9.84 Å². The van der Waals surface area contributed by atoms with Crippen LogP contribution in [0.4, 0.5) is 0 Å². The highest BCUT2D eigenvalue weighted by Gasteiger charge is 2.21. The van der Waals surface area contributed by atoms with Crippen LogP contribution in [0.1, 0.15) is 25.7 Å². The quantitative estimate of drug-likeness (QED) is 0.693. The van der Waals surface area contributed by atoms with Gasteiger partial charge in [0, 0.05) is 13.2 Å². The van der Waals surface area contributed by atoms with Crippen LogP contribution in [0.25, 0.3) is 0 Å². The van der Waals surface area contributed by atoms with E-state index in [1.807, 2.05) is 0 Å². The minimum atomic E-state index is -0.341. The van der Waals surface area contributed by atoms with Crippen molar-refractivity contribution >= 4 is 11.8 Å². The van der Waals surface area contributed by atoms with Gasteiger partial charge in [-0.1, -0.05) is 0 Å². The third-order valence-electron chi connectivity index (χ3n) is 3.51. The van der Waals surface area contributed by atoms with Crippen LogP contribution in [0.3, 0.4) is 0 Å². The lowest BCUT2D eigenvalue weighted by Crippen LogP contribution is -2.34. The molecule has 0 bridgehead atoms. The molecular weight excluding hydrogens is 234 g/mol. The van der Waals surface area contributed by atoms with Crippen LogP contribution in [0.15, 0.2) is 0 Å². The molecule has 1 aliphatic carbocycles. The van der Waals surface area contributed by atoms with Crippen LogP contribution in [0.2, 0.25) is 0 Å². The van der Waals surface area contributed by atoms with Gasteiger partial charge in [-0.05, 0) is 55.6 Å². The van der Waals surface area contributed by atoms with Crippen molar-refractivity contribution in [3.63, 3.8) is 0 Å². The number of aliphatic hydroxyl groups is 1. The van der Waals surface area contributed by atoms with Gasteiger partial charge in [0.05, 0.1) is 12.7 Å². The molecule has 1 saturated heterocycles. The highest BCUT2D eigenvalue weighted by molar-refractivity contribution is 7.99. The Labute approximate surface area is 109 Å². The molecule has 2 N–H and O–H groups in total. The first-order valence-electron chi connectivity index (χ1n) is 6.89. The molecule has 1 saturated carbocycles. The minimum Gasteiger partial charge on any atom is -0.389 e. The Hall–Kier alpha value is 0.230. The molecule has 2 fully saturated rings. The Morgan fingerprint density at radius 1 is 1.18 bits per heavy atom. The number of rotatable bonds is 8. The molecule has 0 aromatic carbocycles. The summed E-state index contributed by atoms with van der Waals surface area (Å²) in [5, 5.41) is 13.1. The summed E-state index contributed by atoms with van der Waals surface area (Å²) in [5.74, 6) is 4.21. The van der Waals surface area contributed by atoms with E-state index in [-0.39, 0.29) is 6.10 Å². The summed E-state index contributed by atoms with van der Waals surface area (Å²) in [7, 11) is 0. The molecule has 0 aromatic rings. The topological polar surface area (TPSA) is 41.5 Å². The maximum Gasteiger partial charge on any atom is 0.0897 e. The van der Waals surface area contributed by atoms with E-state index < -0.39 is 0 Å². The molecule has 4 heteroatoms. The number of thioether (sulfide) groups is 1. The predicted molar refractivity (Wildman–Crippen MR) is 72.5 cm³/mol. The Bertz CT molecular complexity index is 206. The maximum absolute atomic E-state index is 9.72. The van der Waals surface area contributed by atoms with Crippen LogP contribution >= 0.6 is 11.8 Å². The normalized spacial score (nSPS) is 23.8. The van der Waals surface area contributed by atoms with Crippen LogP contribution in [-0.4, -0.2) is 49.0 Å². The largest absolute Gasteiger partial charge is 0.389 e. The number of hydrogen-bond donors (Lipinski definition) is 2. The second kappa shape index (κ2) is 7.62. The summed E-state index contributed by atoms with van der Waals surface area (Å²) >= 11 is 2.06. The van der Waals surface area contributed by atoms with Crippen molar-refractivity contribution in [3.05, 3.63) is 0 Å². The van der Waals surface area contributed by atoms with Crippen molar-refractivity contribution in [1.82, 2.24) is 5.32 Å². The average Bonchev–Trinajstić information content (AvgIpc) is 3.14. The molecule has 1 unspecified atom stereocenters. The van der Waals surface area contributed by atoms with E-state index >= 15 is 0 Å². The molecule has 0 radical (unpaired) electrons. The fourth-order valence-electron chi connectivity index (χ4n) is 2.12. The highest BCUT2D eigenvalue weighted by atomic mass is 32.2. The molecular formula is C13H25NO2S. The third-order valence-corrected chi connectivity index (χ3v) is 4.56. The van der Waals surface area contributed by atoms with Gasteiger partial charge in [-0.3, -0.25) is 0 Å². The van der Waals surface area contributed by atoms with Crippen LogP contribution < -0.4 is 5.32 Å². The first-order chi connectivity index (χ1) is 8.34. The first kappa shape index (κ1) is 13.7. The second-order valence-electron chi connectivity index (χ2n) is 5.35. The first-order valence-corrected chi connectivity index (χ1v) is 8.04. The molecule has 17 heavy (non-hydrogen) atoms. The van der Waals surface area contributed by atoms with Crippen LogP contribution in [0.5, 0.6) is 0 Å². The molecule has 100 valence electrons. The fourth-order valence-corrected chi connectivity index (χ4v) is 3.32. The summed E-state index contributed by atoms with van der Waals surface area (Å²) in [6, 6.07) is 0. The van der Waals surface area contributed by atoms with Gasteiger partial charge in [0.15, 0.2) is 0 Å². The van der Waals surface area contributed by atoms with Gasteiger partial charge in [0.25, 0.3) is 0 Å². The summed E-state index contributed by atoms with van der Waals surface area (Å²) in [4.78, 5) is 0. The van der Waals surface area contributed by atoms with E-state index in [2.05, 4.69) is 17.1 Å². The monoisotopic (exact) mass is 259 g/mol. The minimum absolute atomic E-state index is 0.341. The molecule has 1 heterocycles. The van der Waals surface area contributed by atoms with E-state index in [0.717, 1.165) is 25.0 Å². The van der Waals surface area contributed by atoms with Gasteiger partial charge in [-0.25, -0.2) is 0 Å². The Morgan fingerprint density at radius 2 is 1.94 bits per heavy atom. The molecule has 2 aliphatic rings. The van der Waals surface area contributed by atoms with Crippen molar-refractivity contribution in [1.29, 1.82) is 0 Å². The molecule has 1 aliphatic heterocycles. The molecule has 0 amide bonds. The van der Waals surface area contributed by atoms with E-state index in [1.54, 1.807) is 0 Å². The van der Waals surface area contributed by atoms with Crippen molar-refractivity contribution in [2.24, 2.45) is 11.8 Å². The van der Waals surface area contributed by atoms with Crippen molar-refractivity contribution in [2.75, 3.05) is 37.8 Å². The predicted octanol–water partition coefficient (Wildman–Crippen LogP) is 1.51. The van der Waals surface area contributed by atoms with Gasteiger partial charge in [-0.15, -0.1) is 0 Å². The zero-order valence-corrected chi connectivity index (χ0v) is 11.4. The van der Waals surface area contributed by atoms with E-state index in [4.69, 9.17) is 4.74 Å². The van der Waals surface area contributed by atoms with Gasteiger partial charge in [0.2, 0.25) is 0 Å². The van der Waals surface area contributed by atoms with E-state index in [1.165, 1.54) is 37.2 Å². The summed E-state index contributed by atoms with van der Waals surface area (Å²) < 4.78 is 5.47. The van der Waals surface area contributed by atoms with Gasteiger partial charge in [-0.2, -0.15) is 11.8 Å². The molecule has 2 rings (SSSR count). The summed E-state index contributed by atoms with van der Waals surface area (Å²) in [5.41, 5.74) is 0. The number of ether oxygens (including phenoxy) is 1. The van der Waals surface area contributed by atoms with E-state index in [9.17, 15) is 5.11 Å². The maximum atomic E-state index is 9.72. The van der Waals surface area contributed by atoms with E-state index in [0.29, 0.717) is 13.2 Å². The van der Waals surface area contributed by atoms with Crippen LogP contribution in [-0.2, 0) is 4.74 Å². The lowest BCUT2D eigenvalue weighted by atomic mass is 10.0. The zero-order chi connectivity index (χ0) is 11.9. The standard InChI is InChI=1S/C13H25NO2S/c15-13(10-16-9-12-1-2-12)8-14-7-11-3-5-17-6-4-11/h11-15H,1-10H2. The van der Waals surface area contributed by atoms with Gasteiger partial charge >= 0.3 is 0 Å².